The Labute approximate surface area is 221 Å². The van der Waals surface area contributed by atoms with Gasteiger partial charge in [0.25, 0.3) is 0 Å². The minimum atomic E-state index is -0.483. The molecule has 1 saturated heterocycles. The summed E-state index contributed by atoms with van der Waals surface area (Å²) in [6, 6.07) is 6.33. The molecule has 10 nitrogen and oxygen atoms in total. The van der Waals surface area contributed by atoms with Crippen LogP contribution in [-0.2, 0) is 4.74 Å². The summed E-state index contributed by atoms with van der Waals surface area (Å²) in [5, 5.41) is 0.277. The molecule has 0 saturated carbocycles. The predicted octanol–water partition coefficient (Wildman–Crippen LogP) is 3.42. The molecule has 1 fully saturated rings. The van der Waals surface area contributed by atoms with Crippen LogP contribution in [0, 0.1) is 0 Å². The first-order chi connectivity index (χ1) is 17.3. The van der Waals surface area contributed by atoms with Crippen molar-refractivity contribution in [1.29, 1.82) is 0 Å². The summed E-state index contributed by atoms with van der Waals surface area (Å²) in [5.41, 5.74) is 6.90. The number of hydrogen-bond donors (Lipinski definition) is 1. The van der Waals surface area contributed by atoms with Crippen LogP contribution in [0.4, 0.5) is 5.69 Å². The number of nitrogen functional groups attached to an aromatic ring is 1. The highest BCUT2D eigenvalue weighted by Gasteiger charge is 2.25. The summed E-state index contributed by atoms with van der Waals surface area (Å²) in [5.74, 6) is 1.22. The van der Waals surface area contributed by atoms with Crippen LogP contribution in [0.2, 0.25) is 5.02 Å². The minimum Gasteiger partial charge on any atom is -0.496 e. The van der Waals surface area contributed by atoms with Gasteiger partial charge in [0.2, 0.25) is 5.75 Å². The van der Waals surface area contributed by atoms with Gasteiger partial charge in [0.05, 0.1) is 39.1 Å². The van der Waals surface area contributed by atoms with Gasteiger partial charge >= 0.3 is 5.97 Å². The Bertz CT molecular complexity index is 1060. The maximum absolute atomic E-state index is 12.8. The van der Waals surface area contributed by atoms with Crippen LogP contribution in [0.1, 0.15) is 46.4 Å². The number of halogens is 1. The molecule has 0 radical (unpaired) electrons. The quantitative estimate of drug-likeness (QED) is 0.259. The number of hydrogen-bond acceptors (Lipinski definition) is 9. The van der Waals surface area contributed by atoms with Crippen molar-refractivity contribution in [2.75, 3.05) is 53.8 Å². The number of ketones is 1. The normalized spacial score (nSPS) is 13.9. The third kappa shape index (κ3) is 7.41. The van der Waals surface area contributed by atoms with Gasteiger partial charge in [-0.2, -0.15) is 0 Å². The van der Waals surface area contributed by atoms with Crippen molar-refractivity contribution < 1.29 is 38.7 Å². The molecule has 2 aromatic carbocycles. The van der Waals surface area contributed by atoms with Crippen molar-refractivity contribution in [3.05, 3.63) is 40.4 Å². The first-order valence-electron chi connectivity index (χ1n) is 11.7. The highest BCUT2D eigenvalue weighted by Crippen LogP contribution is 2.38. The molecule has 1 heterocycles. The molecule has 0 aromatic heterocycles. The van der Waals surface area contributed by atoms with Gasteiger partial charge in [-0.1, -0.05) is 11.6 Å². The monoisotopic (exact) mass is 538 g/mol. The van der Waals surface area contributed by atoms with E-state index in [1.807, 2.05) is 0 Å². The molecule has 4 N–H and O–H groups in total. The SMILES string of the molecule is COc1cc(N)c(Cl)cc1C(=O)OC1CCN(CCCC(=O)c2cc(OC)c(OC)c(OC)c2)CC1.O. The van der Waals surface area contributed by atoms with Crippen LogP contribution in [0.25, 0.3) is 0 Å². The minimum absolute atomic E-state index is 0. The largest absolute Gasteiger partial charge is 0.496 e. The number of carbonyl (C=O) groups is 2. The van der Waals surface area contributed by atoms with Crippen molar-refractivity contribution in [1.82, 2.24) is 4.90 Å². The number of piperidine rings is 1. The second-order valence-corrected chi connectivity index (χ2v) is 8.87. The Hall–Kier alpha value is -3.21. The third-order valence-corrected chi connectivity index (χ3v) is 6.54. The molecule has 0 bridgehead atoms. The molecule has 3 rings (SSSR count). The van der Waals surface area contributed by atoms with Crippen molar-refractivity contribution in [2.45, 2.75) is 31.8 Å². The molecule has 1 aliphatic rings. The van der Waals surface area contributed by atoms with E-state index >= 15 is 0 Å². The lowest BCUT2D eigenvalue weighted by Crippen LogP contribution is -2.38. The number of benzene rings is 2. The number of carbonyl (C=O) groups excluding carboxylic acids is 2. The van der Waals surface area contributed by atoms with Gasteiger partial charge in [-0.3, -0.25) is 4.79 Å². The lowest BCUT2D eigenvalue weighted by molar-refractivity contribution is 0.0109. The summed E-state index contributed by atoms with van der Waals surface area (Å²) in [6.07, 6.45) is 2.32. The topological polar surface area (TPSA) is 141 Å². The van der Waals surface area contributed by atoms with Gasteiger partial charge in [0.1, 0.15) is 17.4 Å². The molecule has 11 heteroatoms. The van der Waals surface area contributed by atoms with Crippen molar-refractivity contribution >= 4 is 29.0 Å². The summed E-state index contributed by atoms with van der Waals surface area (Å²) >= 11 is 6.07. The van der Waals surface area contributed by atoms with Crippen molar-refractivity contribution in [2.24, 2.45) is 0 Å². The van der Waals surface area contributed by atoms with Crippen molar-refractivity contribution in [3.8, 4) is 23.0 Å². The van der Waals surface area contributed by atoms with E-state index < -0.39 is 5.97 Å². The summed E-state index contributed by atoms with van der Waals surface area (Å²) < 4.78 is 26.9. The number of Topliss-reactive ketones (excluding diaryl/α,β-unsaturated/α-hetero) is 1. The Morgan fingerprint density at radius 1 is 0.946 bits per heavy atom. The van der Waals surface area contributed by atoms with E-state index in [0.29, 0.717) is 59.9 Å². The van der Waals surface area contributed by atoms with Crippen LogP contribution >= 0.6 is 11.6 Å². The van der Waals surface area contributed by atoms with Crippen LogP contribution in [0.3, 0.4) is 0 Å². The number of methoxy groups -OCH3 is 4. The molecule has 0 amide bonds. The Morgan fingerprint density at radius 3 is 2.08 bits per heavy atom. The van der Waals surface area contributed by atoms with E-state index in [2.05, 4.69) is 4.90 Å². The van der Waals surface area contributed by atoms with Gasteiger partial charge in [0, 0.05) is 31.1 Å². The van der Waals surface area contributed by atoms with Gasteiger partial charge in [-0.25, -0.2) is 4.79 Å². The van der Waals surface area contributed by atoms with Gasteiger partial charge < -0.3 is 39.8 Å². The maximum Gasteiger partial charge on any atom is 0.342 e. The average molecular weight is 539 g/mol. The van der Waals surface area contributed by atoms with E-state index in [1.165, 1.54) is 40.6 Å². The first-order valence-corrected chi connectivity index (χ1v) is 12.1. The second-order valence-electron chi connectivity index (χ2n) is 8.46. The molecule has 1 aliphatic heterocycles. The molecule has 0 aliphatic carbocycles. The highest BCUT2D eigenvalue weighted by atomic mass is 35.5. The van der Waals surface area contributed by atoms with Crippen LogP contribution < -0.4 is 24.7 Å². The number of nitrogens with two attached hydrogens (primary N) is 1. The maximum atomic E-state index is 12.8. The van der Waals surface area contributed by atoms with Crippen LogP contribution in [-0.4, -0.2) is 76.3 Å². The molecule has 0 spiro atoms. The number of anilines is 1. The van der Waals surface area contributed by atoms with Crippen molar-refractivity contribution in [3.63, 3.8) is 0 Å². The Morgan fingerprint density at radius 2 is 1.54 bits per heavy atom. The average Bonchev–Trinajstić information content (AvgIpc) is 2.89. The van der Waals surface area contributed by atoms with Crippen LogP contribution in [0.15, 0.2) is 24.3 Å². The van der Waals surface area contributed by atoms with E-state index in [9.17, 15) is 9.59 Å². The zero-order valence-corrected chi connectivity index (χ0v) is 22.4. The molecule has 204 valence electrons. The van der Waals surface area contributed by atoms with E-state index in [1.54, 1.807) is 12.1 Å². The van der Waals surface area contributed by atoms with E-state index in [-0.39, 0.29) is 27.9 Å². The number of rotatable bonds is 11. The fourth-order valence-corrected chi connectivity index (χ4v) is 4.38. The molecule has 0 unspecified atom stereocenters. The zero-order valence-electron chi connectivity index (χ0n) is 21.6. The summed E-state index contributed by atoms with van der Waals surface area (Å²) in [4.78, 5) is 27.7. The first kappa shape index (κ1) is 30.0. The van der Waals surface area contributed by atoms with Gasteiger partial charge in [-0.15, -0.1) is 0 Å². The number of ether oxygens (including phenoxy) is 5. The molecular formula is C26H35ClN2O8. The molecule has 0 atom stereocenters. The standard InChI is InChI=1S/C26H33ClN2O7.H2O/c1-32-22-15-20(28)19(27)14-18(22)26(31)36-17-7-10-29(11-8-17)9-5-6-21(30)16-12-23(33-2)25(35-4)24(13-16)34-3;/h12-15,17H,5-11,28H2,1-4H3;1H2. The van der Waals surface area contributed by atoms with E-state index in [4.69, 9.17) is 41.0 Å². The number of esters is 1. The van der Waals surface area contributed by atoms with Gasteiger partial charge in [-0.05, 0) is 44.0 Å². The summed E-state index contributed by atoms with van der Waals surface area (Å²) in [7, 11) is 6.03. The number of nitrogens with zero attached hydrogens (tertiary/aromatic N) is 1. The lowest BCUT2D eigenvalue weighted by Gasteiger charge is -2.31. The third-order valence-electron chi connectivity index (χ3n) is 6.21. The Balaban J connectivity index is 0.00000481. The lowest BCUT2D eigenvalue weighted by atomic mass is 10.0. The second kappa shape index (κ2) is 13.9. The van der Waals surface area contributed by atoms with Gasteiger partial charge in [0.15, 0.2) is 17.3 Å². The smallest absolute Gasteiger partial charge is 0.342 e. The summed E-state index contributed by atoms with van der Waals surface area (Å²) in [6.45, 7) is 2.32. The number of likely N-dealkylation sites (tertiary alicyclic amines) is 1. The fraction of sp³-hybridized carbons (Fsp3) is 0.462. The van der Waals surface area contributed by atoms with E-state index in [0.717, 1.165) is 19.6 Å². The predicted molar refractivity (Wildman–Crippen MR) is 141 cm³/mol. The van der Waals surface area contributed by atoms with Crippen LogP contribution in [0.5, 0.6) is 23.0 Å². The highest BCUT2D eigenvalue weighted by molar-refractivity contribution is 6.33. The molecular weight excluding hydrogens is 504 g/mol. The fourth-order valence-electron chi connectivity index (χ4n) is 4.21. The molecule has 37 heavy (non-hydrogen) atoms. The molecule has 2 aromatic rings. The Kier molecular flexibility index (Phi) is 11.3. The zero-order chi connectivity index (χ0) is 26.2.